The Morgan fingerprint density at radius 2 is 1.77 bits per heavy atom. The number of hydrogen-bond donors (Lipinski definition) is 4. The van der Waals surface area contributed by atoms with Crippen LogP contribution in [0.2, 0.25) is 0 Å². The van der Waals surface area contributed by atoms with E-state index in [2.05, 4.69) is 16.0 Å². The zero-order chi connectivity index (χ0) is 19.1. The maximum Gasteiger partial charge on any atom is 0.313 e. The Morgan fingerprint density at radius 3 is 2.38 bits per heavy atom. The van der Waals surface area contributed by atoms with E-state index in [0.717, 1.165) is 5.69 Å². The van der Waals surface area contributed by atoms with Crippen LogP contribution in [0.1, 0.15) is 25.1 Å². The van der Waals surface area contributed by atoms with Gasteiger partial charge in [-0.05, 0) is 36.8 Å². The predicted molar refractivity (Wildman–Crippen MR) is 97.4 cm³/mol. The number of aliphatic hydroxyl groups is 1. The van der Waals surface area contributed by atoms with E-state index >= 15 is 0 Å². The van der Waals surface area contributed by atoms with Crippen LogP contribution < -0.4 is 16.0 Å². The number of nitrogens with one attached hydrogen (secondary N) is 3. The average Bonchev–Trinajstić information content (AvgIpc) is 3.00. The monoisotopic (exact) mass is 358 g/mol. The summed E-state index contributed by atoms with van der Waals surface area (Å²) in [6, 6.07) is 10.1. The first-order valence-corrected chi connectivity index (χ1v) is 8.13. The summed E-state index contributed by atoms with van der Waals surface area (Å²) >= 11 is 0. The van der Waals surface area contributed by atoms with Crippen LogP contribution in [0.3, 0.4) is 0 Å². The van der Waals surface area contributed by atoms with Crippen LogP contribution in [0.4, 0.5) is 11.4 Å². The molecule has 8 nitrogen and oxygen atoms in total. The Labute approximate surface area is 151 Å². The molecule has 8 heteroatoms. The van der Waals surface area contributed by atoms with Crippen molar-refractivity contribution in [3.8, 4) is 0 Å². The Hall–Kier alpha value is -3.13. The topological polar surface area (TPSA) is 112 Å². The molecule has 0 aliphatic rings. The summed E-state index contributed by atoms with van der Waals surface area (Å²) in [5.74, 6) is -1.85. The number of anilines is 2. The highest BCUT2D eigenvalue weighted by Crippen LogP contribution is 2.16. The number of benzene rings is 1. The fourth-order valence-electron chi connectivity index (χ4n) is 2.44. The summed E-state index contributed by atoms with van der Waals surface area (Å²) < 4.78 is 1.79. The van der Waals surface area contributed by atoms with E-state index in [1.54, 1.807) is 34.9 Å². The molecule has 0 aliphatic carbocycles. The van der Waals surface area contributed by atoms with Crippen molar-refractivity contribution in [2.24, 2.45) is 7.05 Å². The molecule has 0 saturated heterocycles. The number of aliphatic hydroxyl groups excluding tert-OH is 1. The Balaban J connectivity index is 1.81. The van der Waals surface area contributed by atoms with Gasteiger partial charge in [0, 0.05) is 43.8 Å². The smallest absolute Gasteiger partial charge is 0.313 e. The third-order valence-electron chi connectivity index (χ3n) is 3.68. The molecule has 1 unspecified atom stereocenters. The van der Waals surface area contributed by atoms with Gasteiger partial charge >= 0.3 is 11.8 Å². The Bertz CT molecular complexity index is 800. The summed E-state index contributed by atoms with van der Waals surface area (Å²) in [6.07, 6.45) is 1.38. The van der Waals surface area contributed by atoms with E-state index in [-0.39, 0.29) is 18.9 Å². The number of carbonyl (C=O) groups is 3. The molecule has 1 heterocycles. The molecule has 2 rings (SSSR count). The van der Waals surface area contributed by atoms with Crippen molar-refractivity contribution in [1.29, 1.82) is 0 Å². The second kappa shape index (κ2) is 8.82. The van der Waals surface area contributed by atoms with E-state index in [1.165, 1.54) is 6.92 Å². The van der Waals surface area contributed by atoms with Gasteiger partial charge in [0.1, 0.15) is 0 Å². The van der Waals surface area contributed by atoms with Gasteiger partial charge in [-0.3, -0.25) is 14.4 Å². The summed E-state index contributed by atoms with van der Waals surface area (Å²) in [5.41, 5.74) is 1.64. The molecule has 1 atom stereocenters. The summed E-state index contributed by atoms with van der Waals surface area (Å²) in [5, 5.41) is 17.6. The van der Waals surface area contributed by atoms with Crippen LogP contribution in [0.5, 0.6) is 0 Å². The van der Waals surface area contributed by atoms with Crippen LogP contribution in [-0.2, 0) is 21.4 Å². The first kappa shape index (κ1) is 19.2. The lowest BCUT2D eigenvalue weighted by Crippen LogP contribution is -2.36. The van der Waals surface area contributed by atoms with Crippen molar-refractivity contribution in [3.63, 3.8) is 0 Å². The first-order chi connectivity index (χ1) is 12.4. The number of hydrogen-bond acceptors (Lipinski definition) is 4. The lowest BCUT2D eigenvalue weighted by Gasteiger charge is -2.12. The molecule has 0 saturated carbocycles. The number of aromatic nitrogens is 1. The minimum atomic E-state index is -0.821. The molecule has 3 amide bonds. The van der Waals surface area contributed by atoms with Gasteiger partial charge in [-0.2, -0.15) is 0 Å². The second-order valence-corrected chi connectivity index (χ2v) is 5.82. The molecular weight excluding hydrogens is 336 g/mol. The van der Waals surface area contributed by atoms with Crippen LogP contribution in [0.25, 0.3) is 0 Å². The van der Waals surface area contributed by atoms with E-state index in [9.17, 15) is 19.5 Å². The zero-order valence-electron chi connectivity index (χ0n) is 14.7. The Morgan fingerprint density at radius 1 is 1.08 bits per heavy atom. The standard InChI is InChI=1S/C18H22N4O4/c1-12(23)20-13-5-3-6-14(11-13)21-18(26)17(25)19-9-8-16(24)15-7-4-10-22(15)2/h3-7,10-11,16,24H,8-9H2,1-2H3,(H,19,25)(H,20,23)(H,21,26). The van der Waals surface area contributed by atoms with Crippen molar-refractivity contribution < 1.29 is 19.5 Å². The zero-order valence-corrected chi connectivity index (χ0v) is 14.7. The molecule has 26 heavy (non-hydrogen) atoms. The van der Waals surface area contributed by atoms with Gasteiger partial charge in [-0.1, -0.05) is 6.07 Å². The molecule has 1 aromatic carbocycles. The van der Waals surface area contributed by atoms with E-state index in [0.29, 0.717) is 11.4 Å². The fourth-order valence-corrected chi connectivity index (χ4v) is 2.44. The minimum Gasteiger partial charge on any atom is -0.387 e. The highest BCUT2D eigenvalue weighted by molar-refractivity contribution is 6.39. The van der Waals surface area contributed by atoms with Crippen LogP contribution >= 0.6 is 0 Å². The number of nitrogens with zero attached hydrogens (tertiary/aromatic N) is 1. The third-order valence-corrected chi connectivity index (χ3v) is 3.68. The average molecular weight is 358 g/mol. The van der Waals surface area contributed by atoms with Crippen molar-refractivity contribution in [3.05, 3.63) is 48.3 Å². The van der Waals surface area contributed by atoms with E-state index < -0.39 is 17.9 Å². The molecule has 0 radical (unpaired) electrons. The van der Waals surface area contributed by atoms with Crippen LogP contribution in [0, 0.1) is 0 Å². The van der Waals surface area contributed by atoms with Gasteiger partial charge in [0.25, 0.3) is 0 Å². The van der Waals surface area contributed by atoms with Gasteiger partial charge < -0.3 is 25.6 Å². The maximum absolute atomic E-state index is 11.9. The van der Waals surface area contributed by atoms with Crippen molar-refractivity contribution >= 4 is 29.1 Å². The molecule has 4 N–H and O–H groups in total. The fraction of sp³-hybridized carbons (Fsp3) is 0.278. The van der Waals surface area contributed by atoms with Gasteiger partial charge in [-0.15, -0.1) is 0 Å². The van der Waals surface area contributed by atoms with Crippen molar-refractivity contribution in [1.82, 2.24) is 9.88 Å². The number of rotatable bonds is 6. The number of amides is 3. The quantitative estimate of drug-likeness (QED) is 0.581. The SMILES string of the molecule is CC(=O)Nc1cccc(NC(=O)C(=O)NCCC(O)c2cccn2C)c1. The minimum absolute atomic E-state index is 0.157. The first-order valence-electron chi connectivity index (χ1n) is 8.13. The van der Waals surface area contributed by atoms with Crippen LogP contribution in [0.15, 0.2) is 42.6 Å². The highest BCUT2D eigenvalue weighted by atomic mass is 16.3. The number of carbonyl (C=O) groups excluding carboxylic acids is 3. The second-order valence-electron chi connectivity index (χ2n) is 5.82. The van der Waals surface area contributed by atoms with Crippen molar-refractivity contribution in [2.45, 2.75) is 19.4 Å². The molecule has 138 valence electrons. The van der Waals surface area contributed by atoms with Gasteiger partial charge in [0.15, 0.2) is 0 Å². The molecule has 0 fully saturated rings. The molecule has 0 bridgehead atoms. The Kier molecular flexibility index (Phi) is 6.51. The van der Waals surface area contributed by atoms with Gasteiger partial charge in [0.2, 0.25) is 5.91 Å². The summed E-state index contributed by atoms with van der Waals surface area (Å²) in [7, 11) is 1.82. The van der Waals surface area contributed by atoms with Crippen molar-refractivity contribution in [2.75, 3.05) is 17.2 Å². The van der Waals surface area contributed by atoms with E-state index in [4.69, 9.17) is 0 Å². The lowest BCUT2D eigenvalue weighted by molar-refractivity contribution is -0.136. The molecule has 1 aromatic heterocycles. The largest absolute Gasteiger partial charge is 0.387 e. The normalized spacial score (nSPS) is 11.5. The van der Waals surface area contributed by atoms with Crippen LogP contribution in [-0.4, -0.2) is 33.9 Å². The van der Waals surface area contributed by atoms with Gasteiger partial charge in [-0.25, -0.2) is 0 Å². The summed E-state index contributed by atoms with van der Waals surface area (Å²) in [4.78, 5) is 34.8. The third kappa shape index (κ3) is 5.45. The van der Waals surface area contributed by atoms with Gasteiger partial charge in [0.05, 0.1) is 6.10 Å². The predicted octanol–water partition coefficient (Wildman–Crippen LogP) is 1.16. The molecule has 0 aliphatic heterocycles. The lowest BCUT2D eigenvalue weighted by atomic mass is 10.2. The van der Waals surface area contributed by atoms with E-state index in [1.807, 2.05) is 19.3 Å². The number of aryl methyl sites for hydroxylation is 1. The molecular formula is C18H22N4O4. The molecule has 0 spiro atoms. The highest BCUT2D eigenvalue weighted by Gasteiger charge is 2.15. The summed E-state index contributed by atoms with van der Waals surface area (Å²) in [6.45, 7) is 1.53. The maximum atomic E-state index is 11.9. The molecule has 2 aromatic rings.